The van der Waals surface area contributed by atoms with Gasteiger partial charge in [-0.2, -0.15) is 0 Å². The van der Waals surface area contributed by atoms with Crippen molar-refractivity contribution in [3.8, 4) is 0 Å². The van der Waals surface area contributed by atoms with Gasteiger partial charge in [0.2, 0.25) is 5.91 Å². The molecular weight excluding hydrogens is 368 g/mol. The first-order chi connectivity index (χ1) is 13.1. The smallest absolute Gasteiger partial charge is 0.337 e. The summed E-state index contributed by atoms with van der Waals surface area (Å²) in [4.78, 5) is 26.6. The molecule has 0 saturated carbocycles. The molecule has 2 aromatic carbocycles. The highest BCUT2D eigenvalue weighted by molar-refractivity contribution is 6.30. The Balaban J connectivity index is 1.82. The van der Waals surface area contributed by atoms with Gasteiger partial charge in [-0.1, -0.05) is 23.7 Å². The molecule has 0 aromatic heterocycles. The molecular formula is C20H21ClN2O4. The van der Waals surface area contributed by atoms with Gasteiger partial charge in [0.05, 0.1) is 43.7 Å². The fourth-order valence-electron chi connectivity index (χ4n) is 2.94. The van der Waals surface area contributed by atoms with Crippen LogP contribution < -0.4 is 10.2 Å². The summed E-state index contributed by atoms with van der Waals surface area (Å²) in [5.74, 6) is -0.620. The third-order valence-corrected chi connectivity index (χ3v) is 4.57. The van der Waals surface area contributed by atoms with Crippen molar-refractivity contribution in [2.45, 2.75) is 6.42 Å². The van der Waals surface area contributed by atoms with E-state index in [0.717, 1.165) is 24.3 Å². The quantitative estimate of drug-likeness (QED) is 0.797. The molecule has 6 nitrogen and oxygen atoms in total. The van der Waals surface area contributed by atoms with Gasteiger partial charge in [-0.05, 0) is 35.9 Å². The molecule has 1 aliphatic rings. The molecule has 142 valence electrons. The normalized spacial score (nSPS) is 13.9. The Hall–Kier alpha value is -2.57. The average molecular weight is 389 g/mol. The van der Waals surface area contributed by atoms with Crippen molar-refractivity contribution in [2.75, 3.05) is 43.6 Å². The number of methoxy groups -OCH3 is 1. The van der Waals surface area contributed by atoms with Crippen LogP contribution in [0.15, 0.2) is 42.5 Å². The molecule has 1 aliphatic heterocycles. The first kappa shape index (κ1) is 19.2. The number of amides is 1. The van der Waals surface area contributed by atoms with Gasteiger partial charge in [0, 0.05) is 18.1 Å². The van der Waals surface area contributed by atoms with Crippen molar-refractivity contribution < 1.29 is 19.1 Å². The first-order valence-electron chi connectivity index (χ1n) is 8.66. The van der Waals surface area contributed by atoms with Crippen LogP contribution in [-0.2, 0) is 20.7 Å². The lowest BCUT2D eigenvalue weighted by Gasteiger charge is -2.30. The maximum absolute atomic E-state index is 12.5. The number of carbonyl (C=O) groups excluding carboxylic acids is 2. The van der Waals surface area contributed by atoms with Gasteiger partial charge in [-0.3, -0.25) is 4.79 Å². The summed E-state index contributed by atoms with van der Waals surface area (Å²) in [7, 11) is 1.33. The number of halogens is 1. The zero-order chi connectivity index (χ0) is 19.2. The molecule has 1 amide bonds. The minimum atomic E-state index is -0.447. The highest BCUT2D eigenvalue weighted by Crippen LogP contribution is 2.28. The highest BCUT2D eigenvalue weighted by atomic mass is 35.5. The van der Waals surface area contributed by atoms with E-state index < -0.39 is 5.97 Å². The van der Waals surface area contributed by atoms with E-state index in [-0.39, 0.29) is 12.3 Å². The van der Waals surface area contributed by atoms with Crippen molar-refractivity contribution >= 4 is 34.9 Å². The van der Waals surface area contributed by atoms with E-state index in [1.807, 2.05) is 18.2 Å². The zero-order valence-corrected chi connectivity index (χ0v) is 15.8. The Morgan fingerprint density at radius 1 is 1.15 bits per heavy atom. The van der Waals surface area contributed by atoms with E-state index in [1.54, 1.807) is 24.3 Å². The molecule has 0 radical (unpaired) electrons. The minimum absolute atomic E-state index is 0.172. The summed E-state index contributed by atoms with van der Waals surface area (Å²) in [6.07, 6.45) is 0.210. The maximum atomic E-state index is 12.5. The van der Waals surface area contributed by atoms with Crippen LogP contribution in [0.2, 0.25) is 5.02 Å². The van der Waals surface area contributed by atoms with E-state index in [0.29, 0.717) is 29.5 Å². The second-order valence-corrected chi connectivity index (χ2v) is 6.61. The van der Waals surface area contributed by atoms with Crippen molar-refractivity contribution in [1.29, 1.82) is 0 Å². The third-order valence-electron chi connectivity index (χ3n) is 4.32. The molecule has 0 atom stereocenters. The number of benzene rings is 2. The SMILES string of the molecule is COC(=O)c1ccc(N2CCOCC2)c(NC(=O)Cc2ccc(Cl)cc2)c1. The van der Waals surface area contributed by atoms with Crippen LogP contribution in [0, 0.1) is 0 Å². The van der Waals surface area contributed by atoms with E-state index in [1.165, 1.54) is 7.11 Å². The van der Waals surface area contributed by atoms with Crippen molar-refractivity contribution in [2.24, 2.45) is 0 Å². The number of rotatable bonds is 5. The number of anilines is 2. The van der Waals surface area contributed by atoms with Crippen molar-refractivity contribution in [1.82, 2.24) is 0 Å². The first-order valence-corrected chi connectivity index (χ1v) is 9.04. The summed E-state index contributed by atoms with van der Waals surface area (Å²) >= 11 is 5.89. The van der Waals surface area contributed by atoms with Crippen LogP contribution in [0.4, 0.5) is 11.4 Å². The summed E-state index contributed by atoms with van der Waals surface area (Å²) in [6.45, 7) is 2.68. The van der Waals surface area contributed by atoms with Gasteiger partial charge < -0.3 is 19.7 Å². The summed E-state index contributed by atoms with van der Waals surface area (Å²) < 4.78 is 10.2. The second kappa shape index (κ2) is 8.88. The Labute approximate surface area is 163 Å². The van der Waals surface area contributed by atoms with E-state index in [4.69, 9.17) is 21.1 Å². The average Bonchev–Trinajstić information content (AvgIpc) is 2.69. The maximum Gasteiger partial charge on any atom is 0.337 e. The highest BCUT2D eigenvalue weighted by Gasteiger charge is 2.18. The lowest BCUT2D eigenvalue weighted by molar-refractivity contribution is -0.115. The molecule has 1 N–H and O–H groups in total. The second-order valence-electron chi connectivity index (χ2n) is 6.17. The predicted molar refractivity (Wildman–Crippen MR) is 105 cm³/mol. The van der Waals surface area contributed by atoms with Crippen LogP contribution in [-0.4, -0.2) is 45.3 Å². The number of morpholine rings is 1. The van der Waals surface area contributed by atoms with Gasteiger partial charge in [-0.15, -0.1) is 0 Å². The lowest BCUT2D eigenvalue weighted by Crippen LogP contribution is -2.37. The van der Waals surface area contributed by atoms with Crippen molar-refractivity contribution in [3.05, 3.63) is 58.6 Å². The van der Waals surface area contributed by atoms with Crippen LogP contribution in [0.5, 0.6) is 0 Å². The molecule has 1 saturated heterocycles. The fraction of sp³-hybridized carbons (Fsp3) is 0.300. The number of hydrogen-bond acceptors (Lipinski definition) is 5. The number of carbonyl (C=O) groups is 2. The predicted octanol–water partition coefficient (Wildman–Crippen LogP) is 3.14. The fourth-order valence-corrected chi connectivity index (χ4v) is 3.07. The molecule has 0 unspecified atom stereocenters. The van der Waals surface area contributed by atoms with E-state index in [9.17, 15) is 9.59 Å². The van der Waals surface area contributed by atoms with Gasteiger partial charge in [0.1, 0.15) is 0 Å². The molecule has 0 spiro atoms. The number of nitrogens with one attached hydrogen (secondary N) is 1. The van der Waals surface area contributed by atoms with Gasteiger partial charge in [0.15, 0.2) is 0 Å². The largest absolute Gasteiger partial charge is 0.465 e. The van der Waals surface area contributed by atoms with Crippen LogP contribution in [0.1, 0.15) is 15.9 Å². The summed E-state index contributed by atoms with van der Waals surface area (Å²) in [5, 5.41) is 3.55. The van der Waals surface area contributed by atoms with Crippen LogP contribution in [0.25, 0.3) is 0 Å². The Kier molecular flexibility index (Phi) is 6.32. The van der Waals surface area contributed by atoms with Crippen molar-refractivity contribution in [3.63, 3.8) is 0 Å². The standard InChI is InChI=1S/C20H21ClN2O4/c1-26-20(25)15-4-7-18(23-8-10-27-11-9-23)17(13-15)22-19(24)12-14-2-5-16(21)6-3-14/h2-7,13H,8-12H2,1H3,(H,22,24). The Bertz CT molecular complexity index is 817. The topological polar surface area (TPSA) is 67.9 Å². The lowest BCUT2D eigenvalue weighted by atomic mass is 10.1. The molecule has 27 heavy (non-hydrogen) atoms. The number of ether oxygens (including phenoxy) is 2. The van der Waals surface area contributed by atoms with Gasteiger partial charge in [0.25, 0.3) is 0 Å². The summed E-state index contributed by atoms with van der Waals surface area (Å²) in [5.41, 5.74) is 2.68. The molecule has 7 heteroatoms. The zero-order valence-electron chi connectivity index (χ0n) is 15.0. The summed E-state index contributed by atoms with van der Waals surface area (Å²) in [6, 6.07) is 12.3. The van der Waals surface area contributed by atoms with Gasteiger partial charge in [-0.25, -0.2) is 4.79 Å². The Morgan fingerprint density at radius 3 is 2.52 bits per heavy atom. The molecule has 0 aliphatic carbocycles. The van der Waals surface area contributed by atoms with Crippen LogP contribution in [0.3, 0.4) is 0 Å². The number of nitrogens with zero attached hydrogens (tertiary/aromatic N) is 1. The molecule has 1 heterocycles. The molecule has 2 aromatic rings. The van der Waals surface area contributed by atoms with E-state index >= 15 is 0 Å². The molecule has 1 fully saturated rings. The number of hydrogen-bond donors (Lipinski definition) is 1. The van der Waals surface area contributed by atoms with E-state index in [2.05, 4.69) is 10.2 Å². The van der Waals surface area contributed by atoms with Crippen LogP contribution >= 0.6 is 11.6 Å². The Morgan fingerprint density at radius 2 is 1.85 bits per heavy atom. The molecule has 0 bridgehead atoms. The minimum Gasteiger partial charge on any atom is -0.465 e. The third kappa shape index (κ3) is 4.99. The number of esters is 1. The monoisotopic (exact) mass is 388 g/mol. The molecule has 3 rings (SSSR count). The van der Waals surface area contributed by atoms with Gasteiger partial charge >= 0.3 is 5.97 Å².